The highest BCUT2D eigenvalue weighted by Crippen LogP contribution is 2.13. The number of hydrogen-bond acceptors (Lipinski definition) is 5. The largest absolute Gasteiger partial charge is 0.472 e. The van der Waals surface area contributed by atoms with Crippen molar-refractivity contribution in [3.63, 3.8) is 0 Å². The molecule has 1 heterocycles. The quantitative estimate of drug-likeness (QED) is 0.810. The SMILES string of the molecule is COC(=O)c1cncc(OCc2ccc(Br)cc2)n1. The highest BCUT2D eigenvalue weighted by Gasteiger charge is 2.09. The van der Waals surface area contributed by atoms with Gasteiger partial charge in [0.25, 0.3) is 0 Å². The average molecular weight is 323 g/mol. The van der Waals surface area contributed by atoms with Crippen LogP contribution in [0.4, 0.5) is 0 Å². The van der Waals surface area contributed by atoms with Crippen LogP contribution < -0.4 is 4.74 Å². The number of rotatable bonds is 4. The molecule has 1 aromatic heterocycles. The van der Waals surface area contributed by atoms with E-state index in [4.69, 9.17) is 4.74 Å². The molecule has 0 unspecified atom stereocenters. The van der Waals surface area contributed by atoms with Crippen LogP contribution in [0.15, 0.2) is 41.1 Å². The number of aromatic nitrogens is 2. The minimum absolute atomic E-state index is 0.121. The third-order valence-corrected chi connectivity index (χ3v) is 2.84. The van der Waals surface area contributed by atoms with E-state index in [1.165, 1.54) is 19.5 Å². The van der Waals surface area contributed by atoms with Crippen LogP contribution in [0.5, 0.6) is 5.88 Å². The van der Waals surface area contributed by atoms with E-state index in [0.717, 1.165) is 10.0 Å². The highest BCUT2D eigenvalue weighted by molar-refractivity contribution is 9.10. The number of esters is 1. The van der Waals surface area contributed by atoms with Crippen molar-refractivity contribution in [3.05, 3.63) is 52.4 Å². The molecule has 0 saturated heterocycles. The van der Waals surface area contributed by atoms with E-state index in [-0.39, 0.29) is 11.6 Å². The first kappa shape index (κ1) is 13.5. The third kappa shape index (κ3) is 3.75. The van der Waals surface area contributed by atoms with Gasteiger partial charge in [0.15, 0.2) is 5.69 Å². The van der Waals surface area contributed by atoms with Gasteiger partial charge in [-0.3, -0.25) is 4.98 Å². The predicted molar refractivity (Wildman–Crippen MR) is 71.8 cm³/mol. The van der Waals surface area contributed by atoms with Crippen LogP contribution in [-0.2, 0) is 11.3 Å². The number of nitrogens with zero attached hydrogens (tertiary/aromatic N) is 2. The molecule has 19 heavy (non-hydrogen) atoms. The van der Waals surface area contributed by atoms with Gasteiger partial charge in [0.2, 0.25) is 5.88 Å². The molecule has 0 radical (unpaired) electrons. The van der Waals surface area contributed by atoms with E-state index in [2.05, 4.69) is 30.6 Å². The number of benzene rings is 1. The first-order valence-electron chi connectivity index (χ1n) is 5.46. The molecule has 0 amide bonds. The summed E-state index contributed by atoms with van der Waals surface area (Å²) in [6.45, 7) is 0.354. The lowest BCUT2D eigenvalue weighted by atomic mass is 10.2. The Labute approximate surface area is 118 Å². The zero-order valence-corrected chi connectivity index (χ0v) is 11.8. The van der Waals surface area contributed by atoms with Crippen LogP contribution in [0.1, 0.15) is 16.1 Å². The summed E-state index contributed by atoms with van der Waals surface area (Å²) < 4.78 is 11.0. The monoisotopic (exact) mass is 322 g/mol. The second-order valence-corrected chi connectivity index (χ2v) is 4.56. The molecule has 0 aliphatic heterocycles. The Morgan fingerprint density at radius 3 is 2.68 bits per heavy atom. The zero-order chi connectivity index (χ0) is 13.7. The van der Waals surface area contributed by atoms with Crippen molar-refractivity contribution in [2.24, 2.45) is 0 Å². The third-order valence-electron chi connectivity index (χ3n) is 2.31. The van der Waals surface area contributed by atoms with Crippen LogP contribution in [0.3, 0.4) is 0 Å². The van der Waals surface area contributed by atoms with Gasteiger partial charge >= 0.3 is 5.97 Å². The predicted octanol–water partition coefficient (Wildman–Crippen LogP) is 2.60. The summed E-state index contributed by atoms with van der Waals surface area (Å²) in [5.41, 5.74) is 1.12. The Kier molecular flexibility index (Phi) is 4.46. The Morgan fingerprint density at radius 2 is 2.00 bits per heavy atom. The molecular weight excluding hydrogens is 312 g/mol. The number of methoxy groups -OCH3 is 1. The van der Waals surface area contributed by atoms with Crippen LogP contribution >= 0.6 is 15.9 Å². The second kappa shape index (κ2) is 6.29. The molecule has 0 aliphatic carbocycles. The highest BCUT2D eigenvalue weighted by atomic mass is 79.9. The molecule has 6 heteroatoms. The lowest BCUT2D eigenvalue weighted by Gasteiger charge is -2.06. The van der Waals surface area contributed by atoms with Crippen molar-refractivity contribution in [1.29, 1.82) is 0 Å². The van der Waals surface area contributed by atoms with E-state index in [1.807, 2.05) is 24.3 Å². The molecule has 1 aromatic carbocycles. The molecule has 0 N–H and O–H groups in total. The van der Waals surface area contributed by atoms with Crippen molar-refractivity contribution in [2.45, 2.75) is 6.61 Å². The first-order chi connectivity index (χ1) is 9.19. The fourth-order valence-electron chi connectivity index (χ4n) is 1.36. The van der Waals surface area contributed by atoms with Crippen molar-refractivity contribution < 1.29 is 14.3 Å². The molecule has 2 rings (SSSR count). The van der Waals surface area contributed by atoms with E-state index in [0.29, 0.717) is 6.61 Å². The Morgan fingerprint density at radius 1 is 1.26 bits per heavy atom. The molecule has 0 bridgehead atoms. The molecular formula is C13H11BrN2O3. The van der Waals surface area contributed by atoms with E-state index < -0.39 is 5.97 Å². The number of ether oxygens (including phenoxy) is 2. The maximum Gasteiger partial charge on any atom is 0.358 e. The summed E-state index contributed by atoms with van der Waals surface area (Å²) >= 11 is 3.36. The summed E-state index contributed by atoms with van der Waals surface area (Å²) in [7, 11) is 1.29. The van der Waals surface area contributed by atoms with Crippen molar-refractivity contribution in [2.75, 3.05) is 7.11 Å². The molecule has 0 fully saturated rings. The van der Waals surface area contributed by atoms with Crippen molar-refractivity contribution >= 4 is 21.9 Å². The molecule has 0 spiro atoms. The van der Waals surface area contributed by atoms with Gasteiger partial charge in [-0.05, 0) is 17.7 Å². The fraction of sp³-hybridized carbons (Fsp3) is 0.154. The molecule has 0 aliphatic rings. The molecule has 98 valence electrons. The van der Waals surface area contributed by atoms with Crippen LogP contribution in [0.25, 0.3) is 0 Å². The number of halogens is 1. The maximum absolute atomic E-state index is 11.3. The Bertz CT molecular complexity index is 572. The van der Waals surface area contributed by atoms with Gasteiger partial charge in [-0.2, -0.15) is 0 Å². The van der Waals surface area contributed by atoms with Crippen LogP contribution in [0.2, 0.25) is 0 Å². The molecule has 5 nitrogen and oxygen atoms in total. The summed E-state index contributed by atoms with van der Waals surface area (Å²) in [5, 5.41) is 0. The van der Waals surface area contributed by atoms with Crippen LogP contribution in [-0.4, -0.2) is 23.0 Å². The number of carbonyl (C=O) groups is 1. The molecule has 0 atom stereocenters. The minimum atomic E-state index is -0.540. The van der Waals surface area contributed by atoms with Gasteiger partial charge < -0.3 is 9.47 Å². The van der Waals surface area contributed by atoms with Gasteiger partial charge in [-0.15, -0.1) is 0 Å². The summed E-state index contributed by atoms with van der Waals surface area (Å²) in [6, 6.07) is 7.72. The fourth-order valence-corrected chi connectivity index (χ4v) is 1.62. The van der Waals surface area contributed by atoms with E-state index >= 15 is 0 Å². The van der Waals surface area contributed by atoms with Crippen molar-refractivity contribution in [3.8, 4) is 5.88 Å². The van der Waals surface area contributed by atoms with Gasteiger partial charge in [-0.25, -0.2) is 9.78 Å². The number of hydrogen-bond donors (Lipinski definition) is 0. The van der Waals surface area contributed by atoms with E-state index in [1.54, 1.807) is 0 Å². The van der Waals surface area contributed by atoms with Gasteiger partial charge in [-0.1, -0.05) is 28.1 Å². The minimum Gasteiger partial charge on any atom is -0.472 e. The Hall–Kier alpha value is -1.95. The second-order valence-electron chi connectivity index (χ2n) is 3.65. The van der Waals surface area contributed by atoms with Crippen LogP contribution in [0, 0.1) is 0 Å². The topological polar surface area (TPSA) is 61.3 Å². The summed E-state index contributed by atoms with van der Waals surface area (Å²) in [6.07, 6.45) is 2.78. The average Bonchev–Trinajstić information content (AvgIpc) is 2.46. The lowest BCUT2D eigenvalue weighted by molar-refractivity contribution is 0.0592. The smallest absolute Gasteiger partial charge is 0.358 e. The normalized spacial score (nSPS) is 10.0. The Balaban J connectivity index is 2.03. The summed E-state index contributed by atoms with van der Waals surface area (Å²) in [4.78, 5) is 19.2. The first-order valence-corrected chi connectivity index (χ1v) is 6.26. The molecule has 2 aromatic rings. The van der Waals surface area contributed by atoms with Gasteiger partial charge in [0.1, 0.15) is 6.61 Å². The zero-order valence-electron chi connectivity index (χ0n) is 10.2. The standard InChI is InChI=1S/C13H11BrN2O3/c1-18-13(17)11-6-15-7-12(16-11)19-8-9-2-4-10(14)5-3-9/h2-7H,8H2,1H3. The van der Waals surface area contributed by atoms with Gasteiger partial charge in [0.05, 0.1) is 19.5 Å². The number of carbonyl (C=O) groups excluding carboxylic acids is 1. The lowest BCUT2D eigenvalue weighted by Crippen LogP contribution is -2.06. The summed E-state index contributed by atoms with van der Waals surface area (Å²) in [5.74, 6) is -0.257. The van der Waals surface area contributed by atoms with Crippen molar-refractivity contribution in [1.82, 2.24) is 9.97 Å². The molecule has 0 saturated carbocycles. The maximum atomic E-state index is 11.3. The van der Waals surface area contributed by atoms with E-state index in [9.17, 15) is 4.79 Å². The van der Waals surface area contributed by atoms with Gasteiger partial charge in [0, 0.05) is 4.47 Å².